The first kappa shape index (κ1) is 11.6. The molecule has 1 aromatic heterocycles. The third-order valence-electron chi connectivity index (χ3n) is 2.34. The van der Waals surface area contributed by atoms with E-state index in [0.29, 0.717) is 11.7 Å². The summed E-state index contributed by atoms with van der Waals surface area (Å²) in [6, 6.07) is 0.482. The molecule has 1 fully saturated rings. The van der Waals surface area contributed by atoms with Crippen LogP contribution in [0.1, 0.15) is 12.8 Å². The van der Waals surface area contributed by atoms with Crippen LogP contribution in [0, 0.1) is 0 Å². The molecule has 1 aromatic rings. The minimum Gasteiger partial charge on any atom is -0.480 e. The summed E-state index contributed by atoms with van der Waals surface area (Å²) in [6.07, 6.45) is 5.18. The number of carboxylic acids is 1. The normalized spacial score (nSPS) is 14.6. The summed E-state index contributed by atoms with van der Waals surface area (Å²) in [5.74, 6) is -1.12. The highest BCUT2D eigenvalue weighted by Crippen LogP contribution is 2.18. The van der Waals surface area contributed by atoms with Crippen LogP contribution in [0.4, 0.5) is 5.69 Å². The van der Waals surface area contributed by atoms with Crippen LogP contribution in [-0.2, 0) is 16.1 Å². The molecule has 7 nitrogen and oxygen atoms in total. The Kier molecular flexibility index (Phi) is 3.38. The first-order valence-electron chi connectivity index (χ1n) is 5.41. The summed E-state index contributed by atoms with van der Waals surface area (Å²) in [5.41, 5.74) is 0.508. The minimum absolute atomic E-state index is 0.147. The van der Waals surface area contributed by atoms with E-state index in [4.69, 9.17) is 5.11 Å². The molecular formula is C10H14N4O3. The number of amides is 1. The Labute approximate surface area is 97.8 Å². The van der Waals surface area contributed by atoms with E-state index in [1.54, 1.807) is 0 Å². The molecule has 7 heteroatoms. The quantitative estimate of drug-likeness (QED) is 0.630. The highest BCUT2D eigenvalue weighted by atomic mass is 16.4. The van der Waals surface area contributed by atoms with Gasteiger partial charge in [0.2, 0.25) is 5.91 Å². The Morgan fingerprint density at radius 2 is 2.29 bits per heavy atom. The molecule has 0 bridgehead atoms. The predicted octanol–water partition coefficient (Wildman–Crippen LogP) is -0.342. The zero-order chi connectivity index (χ0) is 12.3. The summed E-state index contributed by atoms with van der Waals surface area (Å²) in [7, 11) is 0. The number of aliphatic carboxylic acids is 1. The maximum atomic E-state index is 11.4. The van der Waals surface area contributed by atoms with Crippen molar-refractivity contribution in [3.05, 3.63) is 12.4 Å². The van der Waals surface area contributed by atoms with Crippen molar-refractivity contribution in [1.82, 2.24) is 15.1 Å². The molecule has 3 N–H and O–H groups in total. The van der Waals surface area contributed by atoms with Gasteiger partial charge in [0.25, 0.3) is 0 Å². The first-order valence-corrected chi connectivity index (χ1v) is 5.41. The van der Waals surface area contributed by atoms with Gasteiger partial charge in [-0.3, -0.25) is 14.3 Å². The van der Waals surface area contributed by atoms with E-state index >= 15 is 0 Å². The molecule has 0 atom stereocenters. The molecule has 0 radical (unpaired) electrons. The minimum atomic E-state index is -0.971. The lowest BCUT2D eigenvalue weighted by Gasteiger charge is -2.02. The molecule has 0 spiro atoms. The van der Waals surface area contributed by atoms with Crippen molar-refractivity contribution >= 4 is 17.6 Å². The van der Waals surface area contributed by atoms with E-state index < -0.39 is 5.97 Å². The third kappa shape index (κ3) is 3.87. The van der Waals surface area contributed by atoms with Crippen LogP contribution < -0.4 is 10.6 Å². The molecule has 1 heterocycles. The molecule has 2 rings (SSSR count). The summed E-state index contributed by atoms with van der Waals surface area (Å²) in [6.45, 7) is 0.0605. The summed E-state index contributed by atoms with van der Waals surface area (Å²) in [4.78, 5) is 21.9. The fourth-order valence-electron chi connectivity index (χ4n) is 1.38. The van der Waals surface area contributed by atoms with Crippen LogP contribution in [0.3, 0.4) is 0 Å². The standard InChI is InChI=1S/C10H14N4O3/c15-9(4-11-7-1-2-7)13-8-3-12-14(5-8)6-10(16)17/h3,5,7,11H,1-2,4,6H2,(H,13,15)(H,16,17). The van der Waals surface area contributed by atoms with E-state index in [0.717, 1.165) is 12.8 Å². The topological polar surface area (TPSA) is 96.2 Å². The van der Waals surface area contributed by atoms with Gasteiger partial charge in [-0.25, -0.2) is 0 Å². The van der Waals surface area contributed by atoms with Crippen molar-refractivity contribution < 1.29 is 14.7 Å². The molecule has 1 aliphatic carbocycles. The van der Waals surface area contributed by atoms with Gasteiger partial charge in [-0.1, -0.05) is 0 Å². The SMILES string of the molecule is O=C(O)Cn1cc(NC(=O)CNC2CC2)cn1. The second-order valence-electron chi connectivity index (χ2n) is 4.02. The lowest BCUT2D eigenvalue weighted by atomic mass is 10.5. The monoisotopic (exact) mass is 238 g/mol. The van der Waals surface area contributed by atoms with Crippen molar-refractivity contribution in [3.63, 3.8) is 0 Å². The Hall–Kier alpha value is -1.89. The number of nitrogens with zero attached hydrogens (tertiary/aromatic N) is 2. The van der Waals surface area contributed by atoms with Crippen LogP contribution in [0.5, 0.6) is 0 Å². The highest BCUT2D eigenvalue weighted by Gasteiger charge is 2.21. The van der Waals surface area contributed by atoms with Crippen molar-refractivity contribution in [2.24, 2.45) is 0 Å². The molecule has 1 saturated carbocycles. The molecule has 0 aromatic carbocycles. The van der Waals surface area contributed by atoms with Crippen LogP contribution >= 0.6 is 0 Å². The maximum absolute atomic E-state index is 11.4. The fourth-order valence-corrected chi connectivity index (χ4v) is 1.38. The zero-order valence-electron chi connectivity index (χ0n) is 9.22. The number of aromatic nitrogens is 2. The molecule has 92 valence electrons. The number of carbonyl (C=O) groups excluding carboxylic acids is 1. The first-order chi connectivity index (χ1) is 8.13. The van der Waals surface area contributed by atoms with Gasteiger partial charge in [-0.05, 0) is 12.8 Å². The molecule has 1 aliphatic rings. The second-order valence-corrected chi connectivity index (χ2v) is 4.02. The Morgan fingerprint density at radius 1 is 1.53 bits per heavy atom. The highest BCUT2D eigenvalue weighted by molar-refractivity contribution is 5.92. The number of hydrogen-bond acceptors (Lipinski definition) is 4. The molecule has 0 saturated heterocycles. The van der Waals surface area contributed by atoms with Gasteiger partial charge < -0.3 is 15.7 Å². The third-order valence-corrected chi connectivity index (χ3v) is 2.34. The van der Waals surface area contributed by atoms with Crippen LogP contribution in [-0.4, -0.2) is 39.4 Å². The lowest BCUT2D eigenvalue weighted by Crippen LogP contribution is -2.29. The van der Waals surface area contributed by atoms with E-state index in [1.807, 2.05) is 0 Å². The maximum Gasteiger partial charge on any atom is 0.325 e. The number of hydrogen-bond donors (Lipinski definition) is 3. The molecule has 0 unspecified atom stereocenters. The van der Waals surface area contributed by atoms with Gasteiger partial charge in [0, 0.05) is 12.2 Å². The van der Waals surface area contributed by atoms with Gasteiger partial charge in [0.15, 0.2) is 0 Å². The van der Waals surface area contributed by atoms with Crippen molar-refractivity contribution in [2.45, 2.75) is 25.4 Å². The number of rotatable bonds is 6. The summed E-state index contributed by atoms with van der Waals surface area (Å²) < 4.78 is 1.26. The fraction of sp³-hybridized carbons (Fsp3) is 0.500. The molecular weight excluding hydrogens is 224 g/mol. The number of carboxylic acid groups (broad SMARTS) is 1. The van der Waals surface area contributed by atoms with E-state index in [-0.39, 0.29) is 19.0 Å². The summed E-state index contributed by atoms with van der Waals surface area (Å²) in [5, 5.41) is 18.1. The number of anilines is 1. The smallest absolute Gasteiger partial charge is 0.325 e. The molecule has 1 amide bonds. The van der Waals surface area contributed by atoms with Gasteiger partial charge in [-0.2, -0.15) is 5.10 Å². The zero-order valence-corrected chi connectivity index (χ0v) is 9.22. The molecule has 0 aliphatic heterocycles. The molecule has 17 heavy (non-hydrogen) atoms. The van der Waals surface area contributed by atoms with Gasteiger partial charge >= 0.3 is 5.97 Å². The lowest BCUT2D eigenvalue weighted by molar-refractivity contribution is -0.137. The second kappa shape index (κ2) is 4.96. The van der Waals surface area contributed by atoms with Crippen molar-refractivity contribution in [3.8, 4) is 0 Å². The van der Waals surface area contributed by atoms with Gasteiger partial charge in [0.1, 0.15) is 6.54 Å². The van der Waals surface area contributed by atoms with E-state index in [2.05, 4.69) is 15.7 Å². The average Bonchev–Trinajstić information content (AvgIpc) is 2.98. The average molecular weight is 238 g/mol. The number of carbonyl (C=O) groups is 2. The summed E-state index contributed by atoms with van der Waals surface area (Å²) >= 11 is 0. The van der Waals surface area contributed by atoms with E-state index in [1.165, 1.54) is 17.1 Å². The Bertz CT molecular complexity index is 425. The largest absolute Gasteiger partial charge is 0.480 e. The Balaban J connectivity index is 1.78. The predicted molar refractivity (Wildman–Crippen MR) is 59.5 cm³/mol. The van der Waals surface area contributed by atoms with Gasteiger partial charge in [0.05, 0.1) is 18.4 Å². The Morgan fingerprint density at radius 3 is 2.94 bits per heavy atom. The van der Waals surface area contributed by atoms with E-state index in [9.17, 15) is 9.59 Å². The number of nitrogens with one attached hydrogen (secondary N) is 2. The van der Waals surface area contributed by atoms with Crippen LogP contribution in [0.15, 0.2) is 12.4 Å². The van der Waals surface area contributed by atoms with Crippen molar-refractivity contribution in [2.75, 3.05) is 11.9 Å². The van der Waals surface area contributed by atoms with Crippen LogP contribution in [0.2, 0.25) is 0 Å². The van der Waals surface area contributed by atoms with Crippen LogP contribution in [0.25, 0.3) is 0 Å². The van der Waals surface area contributed by atoms with Crippen molar-refractivity contribution in [1.29, 1.82) is 0 Å². The van der Waals surface area contributed by atoms with Gasteiger partial charge in [-0.15, -0.1) is 0 Å².